The van der Waals surface area contributed by atoms with Crippen LogP contribution in [0.5, 0.6) is 0 Å². The lowest BCUT2D eigenvalue weighted by Gasteiger charge is -2.21. The Balaban J connectivity index is 3.58. The van der Waals surface area contributed by atoms with E-state index in [0.29, 0.717) is 6.10 Å². The molecule has 0 bridgehead atoms. The predicted molar refractivity (Wildman–Crippen MR) is 48.8 cm³/mol. The summed E-state index contributed by atoms with van der Waals surface area (Å²) >= 11 is 0. The third kappa shape index (κ3) is 6.32. The minimum atomic E-state index is 0.394. The predicted octanol–water partition coefficient (Wildman–Crippen LogP) is 1.61. The fourth-order valence-corrected chi connectivity index (χ4v) is 1.18. The van der Waals surface area contributed by atoms with Crippen LogP contribution < -0.4 is 0 Å². The molecule has 0 fully saturated rings. The highest BCUT2D eigenvalue weighted by molar-refractivity contribution is 4.62. The average Bonchev–Trinajstić information content (AvgIpc) is 1.84. The number of hydrogen-bond donors (Lipinski definition) is 0. The summed E-state index contributed by atoms with van der Waals surface area (Å²) in [7, 11) is 5.94. The van der Waals surface area contributed by atoms with E-state index in [9.17, 15) is 0 Å². The summed E-state index contributed by atoms with van der Waals surface area (Å²) in [5.74, 6) is 0.722. The fourth-order valence-electron chi connectivity index (χ4n) is 1.18. The Morgan fingerprint density at radius 2 is 1.82 bits per heavy atom. The molecule has 0 aliphatic heterocycles. The maximum atomic E-state index is 5.33. The van der Waals surface area contributed by atoms with E-state index in [1.807, 2.05) is 0 Å². The van der Waals surface area contributed by atoms with E-state index in [-0.39, 0.29) is 0 Å². The molecule has 0 radical (unpaired) electrons. The molecular formula is C9H21NO. The summed E-state index contributed by atoms with van der Waals surface area (Å²) in [4.78, 5) is 2.16. The molecule has 0 spiro atoms. The molecule has 0 aromatic carbocycles. The Kier molecular flexibility index (Phi) is 5.51. The van der Waals surface area contributed by atoms with Gasteiger partial charge in [-0.1, -0.05) is 13.8 Å². The van der Waals surface area contributed by atoms with Crippen LogP contribution in [0.4, 0.5) is 0 Å². The molecule has 2 nitrogen and oxygen atoms in total. The van der Waals surface area contributed by atoms with Gasteiger partial charge in [-0.25, -0.2) is 0 Å². The minimum Gasteiger partial charge on any atom is -0.380 e. The quantitative estimate of drug-likeness (QED) is 0.604. The zero-order chi connectivity index (χ0) is 8.85. The molecule has 0 rings (SSSR count). The van der Waals surface area contributed by atoms with Crippen molar-refractivity contribution in [3.8, 4) is 0 Å². The van der Waals surface area contributed by atoms with Gasteiger partial charge in [-0.2, -0.15) is 0 Å². The van der Waals surface area contributed by atoms with Crippen LogP contribution in [-0.2, 0) is 4.74 Å². The average molecular weight is 159 g/mol. The van der Waals surface area contributed by atoms with Gasteiger partial charge in [0.2, 0.25) is 0 Å². The number of ether oxygens (including phenoxy) is 1. The van der Waals surface area contributed by atoms with E-state index in [2.05, 4.69) is 32.8 Å². The second kappa shape index (κ2) is 5.56. The van der Waals surface area contributed by atoms with Crippen molar-refractivity contribution >= 4 is 0 Å². The Morgan fingerprint density at radius 3 is 2.09 bits per heavy atom. The number of rotatable bonds is 5. The van der Waals surface area contributed by atoms with Crippen LogP contribution in [0.15, 0.2) is 0 Å². The standard InChI is InChI=1S/C9H21NO/c1-8(2)6-9(11-5)7-10(3)4/h8-9H,6-7H2,1-5H3/t9-/m0/s1. The van der Waals surface area contributed by atoms with E-state index in [1.165, 1.54) is 0 Å². The lowest BCUT2D eigenvalue weighted by molar-refractivity contribution is 0.0624. The molecule has 0 saturated carbocycles. The SMILES string of the molecule is CO[C@@H](CC(C)C)CN(C)C. The molecule has 0 aliphatic carbocycles. The van der Waals surface area contributed by atoms with E-state index in [4.69, 9.17) is 4.74 Å². The monoisotopic (exact) mass is 159 g/mol. The Hall–Kier alpha value is -0.0800. The summed E-state index contributed by atoms with van der Waals surface area (Å²) in [6.07, 6.45) is 1.54. The lowest BCUT2D eigenvalue weighted by atomic mass is 10.1. The maximum Gasteiger partial charge on any atom is 0.0700 e. The molecule has 0 saturated heterocycles. The van der Waals surface area contributed by atoms with Crippen molar-refractivity contribution in [2.45, 2.75) is 26.4 Å². The van der Waals surface area contributed by atoms with Crippen molar-refractivity contribution in [2.24, 2.45) is 5.92 Å². The first kappa shape index (κ1) is 10.9. The topological polar surface area (TPSA) is 12.5 Å². The number of hydrogen-bond acceptors (Lipinski definition) is 2. The van der Waals surface area contributed by atoms with Crippen LogP contribution in [0.25, 0.3) is 0 Å². The van der Waals surface area contributed by atoms with Gasteiger partial charge in [0.05, 0.1) is 6.10 Å². The summed E-state index contributed by atoms with van der Waals surface area (Å²) in [6.45, 7) is 5.47. The van der Waals surface area contributed by atoms with Crippen LogP contribution in [0.1, 0.15) is 20.3 Å². The van der Waals surface area contributed by atoms with Gasteiger partial charge in [-0.3, -0.25) is 0 Å². The first-order valence-electron chi connectivity index (χ1n) is 4.23. The van der Waals surface area contributed by atoms with Gasteiger partial charge < -0.3 is 9.64 Å². The number of nitrogens with zero attached hydrogens (tertiary/aromatic N) is 1. The summed E-state index contributed by atoms with van der Waals surface area (Å²) in [5, 5.41) is 0. The van der Waals surface area contributed by atoms with Crippen molar-refractivity contribution < 1.29 is 4.74 Å². The minimum absolute atomic E-state index is 0.394. The molecule has 0 amide bonds. The molecule has 0 N–H and O–H groups in total. The fraction of sp³-hybridized carbons (Fsp3) is 1.00. The van der Waals surface area contributed by atoms with Gasteiger partial charge >= 0.3 is 0 Å². The molecule has 0 aromatic rings. The van der Waals surface area contributed by atoms with E-state index in [0.717, 1.165) is 18.9 Å². The van der Waals surface area contributed by atoms with Crippen molar-refractivity contribution in [3.05, 3.63) is 0 Å². The Morgan fingerprint density at radius 1 is 1.27 bits per heavy atom. The molecule has 0 unspecified atom stereocenters. The van der Waals surface area contributed by atoms with E-state index in [1.54, 1.807) is 7.11 Å². The second-order valence-corrected chi connectivity index (χ2v) is 3.75. The van der Waals surface area contributed by atoms with Crippen molar-refractivity contribution in [1.82, 2.24) is 4.90 Å². The molecule has 1 atom stereocenters. The van der Waals surface area contributed by atoms with Gasteiger partial charge in [-0.15, -0.1) is 0 Å². The normalized spacial score (nSPS) is 14.5. The highest BCUT2D eigenvalue weighted by Crippen LogP contribution is 2.07. The lowest BCUT2D eigenvalue weighted by Crippen LogP contribution is -2.28. The first-order valence-corrected chi connectivity index (χ1v) is 4.23. The van der Waals surface area contributed by atoms with Gasteiger partial charge in [0.1, 0.15) is 0 Å². The van der Waals surface area contributed by atoms with Crippen LogP contribution >= 0.6 is 0 Å². The molecular weight excluding hydrogens is 138 g/mol. The van der Waals surface area contributed by atoms with Crippen LogP contribution in [0.3, 0.4) is 0 Å². The smallest absolute Gasteiger partial charge is 0.0700 e. The first-order chi connectivity index (χ1) is 5.06. The maximum absolute atomic E-state index is 5.33. The van der Waals surface area contributed by atoms with Crippen molar-refractivity contribution in [3.63, 3.8) is 0 Å². The third-order valence-corrected chi connectivity index (χ3v) is 1.64. The van der Waals surface area contributed by atoms with Gasteiger partial charge in [0, 0.05) is 13.7 Å². The van der Waals surface area contributed by atoms with Crippen LogP contribution in [-0.4, -0.2) is 38.8 Å². The molecule has 2 heteroatoms. The molecule has 0 aliphatic rings. The number of likely N-dealkylation sites (N-methyl/N-ethyl adjacent to an activating group) is 1. The zero-order valence-corrected chi connectivity index (χ0v) is 8.42. The highest BCUT2D eigenvalue weighted by atomic mass is 16.5. The summed E-state index contributed by atoms with van der Waals surface area (Å²) < 4.78 is 5.33. The van der Waals surface area contributed by atoms with Crippen LogP contribution in [0.2, 0.25) is 0 Å². The Bertz CT molecular complexity index is 81.6. The molecule has 0 heterocycles. The van der Waals surface area contributed by atoms with E-state index < -0.39 is 0 Å². The summed E-state index contributed by atoms with van der Waals surface area (Å²) in [5.41, 5.74) is 0. The van der Waals surface area contributed by atoms with E-state index >= 15 is 0 Å². The third-order valence-electron chi connectivity index (χ3n) is 1.64. The second-order valence-electron chi connectivity index (χ2n) is 3.75. The van der Waals surface area contributed by atoms with Crippen molar-refractivity contribution in [1.29, 1.82) is 0 Å². The molecule has 0 aromatic heterocycles. The van der Waals surface area contributed by atoms with Gasteiger partial charge in [-0.05, 0) is 26.4 Å². The van der Waals surface area contributed by atoms with Crippen molar-refractivity contribution in [2.75, 3.05) is 27.7 Å². The highest BCUT2D eigenvalue weighted by Gasteiger charge is 2.09. The largest absolute Gasteiger partial charge is 0.380 e. The Labute approximate surface area is 70.5 Å². The van der Waals surface area contributed by atoms with Gasteiger partial charge in [0.15, 0.2) is 0 Å². The van der Waals surface area contributed by atoms with Crippen LogP contribution in [0, 0.1) is 5.92 Å². The zero-order valence-electron chi connectivity index (χ0n) is 8.42. The summed E-state index contributed by atoms with van der Waals surface area (Å²) in [6, 6.07) is 0. The number of methoxy groups -OCH3 is 1. The molecule has 68 valence electrons. The molecule has 11 heavy (non-hydrogen) atoms. The van der Waals surface area contributed by atoms with Gasteiger partial charge in [0.25, 0.3) is 0 Å².